The summed E-state index contributed by atoms with van der Waals surface area (Å²) >= 11 is 3.16. The molecule has 0 fully saturated rings. The number of fused-ring (bicyclic) bond motifs is 1. The van der Waals surface area contributed by atoms with Crippen LogP contribution in [-0.4, -0.2) is 32.6 Å². The van der Waals surface area contributed by atoms with Crippen LogP contribution in [0.1, 0.15) is 10.5 Å². The molecular formula is C21H14N4O2S2. The van der Waals surface area contributed by atoms with Crippen molar-refractivity contribution in [3.8, 4) is 27.6 Å². The van der Waals surface area contributed by atoms with Gasteiger partial charge in [-0.3, -0.25) is 4.57 Å². The first-order valence-corrected chi connectivity index (χ1v) is 10.5. The summed E-state index contributed by atoms with van der Waals surface area (Å²) in [6.45, 7) is 0. The van der Waals surface area contributed by atoms with E-state index in [1.807, 2.05) is 35.7 Å². The van der Waals surface area contributed by atoms with E-state index in [1.54, 1.807) is 39.8 Å². The molecule has 142 valence electrons. The van der Waals surface area contributed by atoms with Crippen molar-refractivity contribution < 1.29 is 9.53 Å². The van der Waals surface area contributed by atoms with Gasteiger partial charge < -0.3 is 4.74 Å². The number of imidazole rings is 1. The smallest absolute Gasteiger partial charge is 0.358 e. The molecule has 0 bridgehead atoms. The first-order valence-electron chi connectivity index (χ1n) is 8.76. The van der Waals surface area contributed by atoms with Gasteiger partial charge >= 0.3 is 5.97 Å². The number of ether oxygens (including phenoxy) is 1. The number of hydrogen-bond acceptors (Lipinski definition) is 7. The highest BCUT2D eigenvalue weighted by Gasteiger charge is 2.19. The molecule has 0 N–H and O–H groups in total. The number of thiophene rings is 2. The second kappa shape index (κ2) is 7.23. The lowest BCUT2D eigenvalue weighted by Crippen LogP contribution is -2.02. The number of nitrogens with zero attached hydrogens (tertiary/aromatic N) is 4. The molecule has 4 aromatic heterocycles. The molecule has 6 nitrogen and oxygen atoms in total. The van der Waals surface area contributed by atoms with Gasteiger partial charge in [0.2, 0.25) is 0 Å². The van der Waals surface area contributed by atoms with Crippen LogP contribution in [0.4, 0.5) is 0 Å². The van der Waals surface area contributed by atoms with Crippen molar-refractivity contribution in [2.24, 2.45) is 0 Å². The van der Waals surface area contributed by atoms with Crippen LogP contribution < -0.4 is 0 Å². The molecule has 0 aliphatic heterocycles. The number of rotatable bonds is 4. The topological polar surface area (TPSA) is 69.9 Å². The molecule has 0 saturated heterocycles. The Morgan fingerprint density at radius 1 is 1.07 bits per heavy atom. The van der Waals surface area contributed by atoms with Crippen molar-refractivity contribution >= 4 is 38.9 Å². The van der Waals surface area contributed by atoms with Gasteiger partial charge in [-0.15, -0.1) is 22.7 Å². The number of methoxy groups -OCH3 is 1. The van der Waals surface area contributed by atoms with Crippen LogP contribution in [0.3, 0.4) is 0 Å². The lowest BCUT2D eigenvalue weighted by Gasteiger charge is -2.08. The summed E-state index contributed by atoms with van der Waals surface area (Å²) in [6.07, 6.45) is 3.22. The number of carbonyl (C=O) groups is 1. The highest BCUT2D eigenvalue weighted by atomic mass is 32.1. The first-order chi connectivity index (χ1) is 14.2. The Balaban J connectivity index is 1.77. The summed E-state index contributed by atoms with van der Waals surface area (Å²) < 4.78 is 6.55. The molecule has 0 atom stereocenters. The monoisotopic (exact) mass is 418 g/mol. The van der Waals surface area contributed by atoms with Crippen molar-refractivity contribution in [1.82, 2.24) is 19.5 Å². The summed E-state index contributed by atoms with van der Waals surface area (Å²) in [5.41, 5.74) is 2.36. The summed E-state index contributed by atoms with van der Waals surface area (Å²) in [4.78, 5) is 27.6. The third-order valence-electron chi connectivity index (χ3n) is 4.46. The first kappa shape index (κ1) is 17.7. The number of esters is 1. The molecule has 0 aliphatic rings. The largest absolute Gasteiger partial charge is 0.464 e. The molecule has 5 rings (SSSR count). The lowest BCUT2D eigenvalue weighted by atomic mass is 10.1. The maximum Gasteiger partial charge on any atom is 0.358 e. The number of aromatic nitrogens is 4. The fourth-order valence-electron chi connectivity index (χ4n) is 3.11. The third kappa shape index (κ3) is 3.12. The van der Waals surface area contributed by atoms with Crippen molar-refractivity contribution in [3.05, 3.63) is 71.4 Å². The van der Waals surface area contributed by atoms with Gasteiger partial charge in [0.1, 0.15) is 11.2 Å². The van der Waals surface area contributed by atoms with Crippen molar-refractivity contribution in [2.75, 3.05) is 7.11 Å². The fourth-order valence-corrected chi connectivity index (χ4v) is 4.70. The van der Waals surface area contributed by atoms with E-state index in [4.69, 9.17) is 14.7 Å². The quantitative estimate of drug-likeness (QED) is 0.382. The summed E-state index contributed by atoms with van der Waals surface area (Å²) in [6, 6.07) is 14.1. The van der Waals surface area contributed by atoms with E-state index in [0.29, 0.717) is 11.6 Å². The minimum absolute atomic E-state index is 0.230. The van der Waals surface area contributed by atoms with Crippen LogP contribution >= 0.6 is 22.7 Å². The molecule has 4 heterocycles. The van der Waals surface area contributed by atoms with Gasteiger partial charge in [-0.2, -0.15) is 0 Å². The SMILES string of the molecule is COC(=O)c1cn(-c2nc(-c3cccs3)nc3scc(-c4ccccc4)c23)cn1. The van der Waals surface area contributed by atoms with Crippen LogP contribution in [-0.2, 0) is 4.74 Å². The predicted octanol–water partition coefficient (Wildman–Crippen LogP) is 5.06. The van der Waals surface area contributed by atoms with Crippen molar-refractivity contribution in [3.63, 3.8) is 0 Å². The van der Waals surface area contributed by atoms with Gasteiger partial charge in [0.05, 0.1) is 17.4 Å². The number of carbonyl (C=O) groups excluding carboxylic acids is 1. The zero-order chi connectivity index (χ0) is 19.8. The Morgan fingerprint density at radius 2 is 1.93 bits per heavy atom. The number of benzene rings is 1. The average Bonchev–Trinajstić information content (AvgIpc) is 3.53. The van der Waals surface area contributed by atoms with E-state index in [9.17, 15) is 4.79 Å². The van der Waals surface area contributed by atoms with Crippen LogP contribution in [0.25, 0.3) is 37.9 Å². The standard InChI is InChI=1S/C21H14N4O2S2/c1-27-21(26)15-10-25(12-22-15)19-17-14(13-6-3-2-4-7-13)11-29-20(17)24-18(23-19)16-8-5-9-28-16/h2-12H,1H3. The summed E-state index contributed by atoms with van der Waals surface area (Å²) in [5.74, 6) is 0.847. The second-order valence-electron chi connectivity index (χ2n) is 6.20. The Hall–Kier alpha value is -3.36. The Labute approximate surface area is 174 Å². The lowest BCUT2D eigenvalue weighted by molar-refractivity contribution is 0.0594. The Kier molecular flexibility index (Phi) is 4.42. The maximum absolute atomic E-state index is 11.9. The molecule has 29 heavy (non-hydrogen) atoms. The van der Waals surface area contributed by atoms with Crippen LogP contribution in [0.5, 0.6) is 0 Å². The van der Waals surface area contributed by atoms with E-state index < -0.39 is 5.97 Å². The predicted molar refractivity (Wildman–Crippen MR) is 115 cm³/mol. The summed E-state index contributed by atoms with van der Waals surface area (Å²) in [5, 5.41) is 5.02. The molecule has 0 unspecified atom stereocenters. The molecule has 0 saturated carbocycles. The molecule has 0 spiro atoms. The summed E-state index contributed by atoms with van der Waals surface area (Å²) in [7, 11) is 1.34. The number of hydrogen-bond donors (Lipinski definition) is 0. The Bertz CT molecular complexity index is 1310. The van der Waals surface area contributed by atoms with Gasteiger partial charge in [-0.1, -0.05) is 36.4 Å². The average molecular weight is 419 g/mol. The van der Waals surface area contributed by atoms with E-state index in [1.165, 1.54) is 7.11 Å². The molecule has 0 amide bonds. The van der Waals surface area contributed by atoms with E-state index in [0.717, 1.165) is 26.2 Å². The molecule has 0 aliphatic carbocycles. The fraction of sp³-hybridized carbons (Fsp3) is 0.0476. The van der Waals surface area contributed by atoms with Gasteiger partial charge in [0.25, 0.3) is 0 Å². The van der Waals surface area contributed by atoms with Crippen molar-refractivity contribution in [1.29, 1.82) is 0 Å². The molecular weight excluding hydrogens is 404 g/mol. The maximum atomic E-state index is 11.9. The van der Waals surface area contributed by atoms with Gasteiger partial charge in [-0.05, 0) is 17.0 Å². The zero-order valence-corrected chi connectivity index (χ0v) is 16.9. The van der Waals surface area contributed by atoms with Crippen LogP contribution in [0, 0.1) is 0 Å². The molecule has 5 aromatic rings. The van der Waals surface area contributed by atoms with Crippen molar-refractivity contribution in [2.45, 2.75) is 0 Å². The van der Waals surface area contributed by atoms with E-state index >= 15 is 0 Å². The van der Waals surface area contributed by atoms with Gasteiger partial charge in [0.15, 0.2) is 17.3 Å². The Morgan fingerprint density at radius 3 is 2.69 bits per heavy atom. The third-order valence-corrected chi connectivity index (χ3v) is 6.20. The second-order valence-corrected chi connectivity index (χ2v) is 8.01. The van der Waals surface area contributed by atoms with Gasteiger partial charge in [0, 0.05) is 17.1 Å². The zero-order valence-electron chi connectivity index (χ0n) is 15.3. The van der Waals surface area contributed by atoms with E-state index in [-0.39, 0.29) is 5.69 Å². The normalized spacial score (nSPS) is 11.1. The minimum Gasteiger partial charge on any atom is -0.464 e. The van der Waals surface area contributed by atoms with E-state index in [2.05, 4.69) is 22.5 Å². The highest BCUT2D eigenvalue weighted by molar-refractivity contribution is 7.17. The molecule has 8 heteroatoms. The van der Waals surface area contributed by atoms with Gasteiger partial charge in [-0.25, -0.2) is 19.7 Å². The highest BCUT2D eigenvalue weighted by Crippen LogP contribution is 2.37. The molecule has 1 aromatic carbocycles. The van der Waals surface area contributed by atoms with Crippen LogP contribution in [0.2, 0.25) is 0 Å². The minimum atomic E-state index is -0.485. The van der Waals surface area contributed by atoms with Crippen LogP contribution in [0.15, 0.2) is 65.7 Å². The molecule has 0 radical (unpaired) electrons.